The zero-order valence-corrected chi connectivity index (χ0v) is 20.3. The van der Waals surface area contributed by atoms with Gasteiger partial charge in [0.1, 0.15) is 5.82 Å². The molecule has 1 aliphatic heterocycles. The normalized spacial score (nSPS) is 14.5. The Balaban J connectivity index is 1.36. The highest BCUT2D eigenvalue weighted by Gasteiger charge is 2.26. The maximum atomic E-state index is 12.7. The number of hydrogen-bond donors (Lipinski definition) is 2. The Morgan fingerprint density at radius 2 is 1.86 bits per heavy atom. The van der Waals surface area contributed by atoms with Crippen molar-refractivity contribution >= 4 is 21.6 Å². The summed E-state index contributed by atoms with van der Waals surface area (Å²) in [5, 5.41) is 2.87. The minimum atomic E-state index is -3.54. The molecule has 1 saturated heterocycles. The predicted octanol–water partition coefficient (Wildman–Crippen LogP) is 2.59. The molecular formula is C25H28N4O5S. The fourth-order valence-corrected chi connectivity index (χ4v) is 5.22. The van der Waals surface area contributed by atoms with Gasteiger partial charge in [-0.15, -0.1) is 0 Å². The number of rotatable bonds is 8. The molecule has 184 valence electrons. The number of ether oxygens (including phenoxy) is 1. The number of carbonyl (C=O) groups excluding carboxylic acids is 1. The van der Waals surface area contributed by atoms with Crippen LogP contribution in [0.2, 0.25) is 0 Å². The molecule has 35 heavy (non-hydrogen) atoms. The van der Waals surface area contributed by atoms with E-state index in [0.717, 1.165) is 5.56 Å². The zero-order chi connectivity index (χ0) is 24.8. The van der Waals surface area contributed by atoms with Crippen molar-refractivity contribution in [3.8, 4) is 11.4 Å². The van der Waals surface area contributed by atoms with Gasteiger partial charge in [0.15, 0.2) is 0 Å². The van der Waals surface area contributed by atoms with Crippen LogP contribution in [0.4, 0.5) is 5.69 Å². The smallest absolute Gasteiger partial charge is 0.251 e. The van der Waals surface area contributed by atoms with Gasteiger partial charge in [-0.1, -0.05) is 31.2 Å². The minimum Gasteiger partial charge on any atom is -0.379 e. The van der Waals surface area contributed by atoms with Gasteiger partial charge in [-0.3, -0.25) is 9.59 Å². The van der Waals surface area contributed by atoms with Crippen molar-refractivity contribution in [2.24, 2.45) is 0 Å². The molecule has 9 nitrogen and oxygen atoms in total. The molecule has 0 radical (unpaired) electrons. The number of hydrogen-bond acceptors (Lipinski definition) is 6. The molecule has 0 unspecified atom stereocenters. The number of H-pyrrole nitrogens is 1. The van der Waals surface area contributed by atoms with Gasteiger partial charge >= 0.3 is 0 Å². The summed E-state index contributed by atoms with van der Waals surface area (Å²) in [6.07, 6.45) is 1.35. The molecule has 10 heteroatoms. The minimum absolute atomic E-state index is 0.170. The highest BCUT2D eigenvalue weighted by molar-refractivity contribution is 7.89. The van der Waals surface area contributed by atoms with Gasteiger partial charge in [-0.2, -0.15) is 4.31 Å². The summed E-state index contributed by atoms with van der Waals surface area (Å²) in [6.45, 7) is 3.42. The molecule has 4 rings (SSSR count). The van der Waals surface area contributed by atoms with E-state index in [1.165, 1.54) is 10.4 Å². The van der Waals surface area contributed by atoms with Crippen molar-refractivity contribution in [2.75, 3.05) is 31.6 Å². The molecule has 0 bridgehead atoms. The third-order valence-electron chi connectivity index (χ3n) is 5.75. The molecule has 0 spiro atoms. The van der Waals surface area contributed by atoms with Crippen LogP contribution >= 0.6 is 0 Å². The largest absolute Gasteiger partial charge is 0.379 e. The molecule has 2 heterocycles. The molecule has 0 saturated carbocycles. The Kier molecular flexibility index (Phi) is 7.74. The number of anilines is 1. The van der Waals surface area contributed by atoms with Crippen molar-refractivity contribution in [3.05, 3.63) is 76.2 Å². The number of benzene rings is 2. The van der Waals surface area contributed by atoms with Crippen LogP contribution in [0, 0.1) is 0 Å². The van der Waals surface area contributed by atoms with Crippen molar-refractivity contribution in [1.29, 1.82) is 0 Å². The molecule has 3 aromatic rings. The Hall–Kier alpha value is -3.34. The van der Waals surface area contributed by atoms with E-state index in [-0.39, 0.29) is 22.8 Å². The summed E-state index contributed by atoms with van der Waals surface area (Å²) in [5.74, 6) is 0.286. The molecule has 2 N–H and O–H groups in total. The fourth-order valence-electron chi connectivity index (χ4n) is 3.82. The van der Waals surface area contributed by atoms with Crippen LogP contribution in [-0.2, 0) is 32.4 Å². The fraction of sp³-hybridized carbons (Fsp3) is 0.320. The Bertz CT molecular complexity index is 1350. The van der Waals surface area contributed by atoms with Crippen LogP contribution < -0.4 is 10.9 Å². The molecule has 1 amide bonds. The number of aromatic nitrogens is 2. The van der Waals surface area contributed by atoms with Crippen molar-refractivity contribution in [1.82, 2.24) is 14.3 Å². The number of nitrogens with one attached hydrogen (secondary N) is 2. The first-order chi connectivity index (χ1) is 16.8. The Morgan fingerprint density at radius 1 is 1.11 bits per heavy atom. The third kappa shape index (κ3) is 6.21. The summed E-state index contributed by atoms with van der Waals surface area (Å²) in [7, 11) is -3.54. The molecule has 0 aliphatic carbocycles. The Labute approximate surface area is 204 Å². The highest BCUT2D eigenvalue weighted by atomic mass is 32.2. The van der Waals surface area contributed by atoms with E-state index in [0.29, 0.717) is 61.9 Å². The highest BCUT2D eigenvalue weighted by Crippen LogP contribution is 2.20. The van der Waals surface area contributed by atoms with E-state index in [2.05, 4.69) is 15.3 Å². The first kappa shape index (κ1) is 24.8. The van der Waals surface area contributed by atoms with Crippen LogP contribution in [0.15, 0.2) is 64.3 Å². The summed E-state index contributed by atoms with van der Waals surface area (Å²) < 4.78 is 32.1. The lowest BCUT2D eigenvalue weighted by Crippen LogP contribution is -2.40. The van der Waals surface area contributed by atoms with Gasteiger partial charge in [0.2, 0.25) is 15.9 Å². The predicted molar refractivity (Wildman–Crippen MR) is 133 cm³/mol. The second-order valence-electron chi connectivity index (χ2n) is 8.23. The third-order valence-corrected chi connectivity index (χ3v) is 7.66. The molecular weight excluding hydrogens is 468 g/mol. The molecule has 1 fully saturated rings. The second kappa shape index (κ2) is 10.9. The molecule has 2 aromatic carbocycles. The molecule has 1 aliphatic rings. The lowest BCUT2D eigenvalue weighted by Gasteiger charge is -2.26. The number of aromatic amines is 1. The van der Waals surface area contributed by atoms with E-state index in [4.69, 9.17) is 4.74 Å². The summed E-state index contributed by atoms with van der Waals surface area (Å²) >= 11 is 0. The van der Waals surface area contributed by atoms with Crippen LogP contribution in [0.5, 0.6) is 0 Å². The van der Waals surface area contributed by atoms with E-state index >= 15 is 0 Å². The van der Waals surface area contributed by atoms with Crippen molar-refractivity contribution < 1.29 is 17.9 Å². The van der Waals surface area contributed by atoms with Crippen LogP contribution in [0.25, 0.3) is 11.4 Å². The number of aryl methyl sites for hydroxylation is 2. The maximum absolute atomic E-state index is 12.7. The number of sulfonamides is 1. The van der Waals surface area contributed by atoms with E-state index in [1.807, 2.05) is 13.0 Å². The standard InChI is InChI=1S/C25H28N4O5S/c1-2-20-17-24(31)28-25(27-20)19-4-3-5-21(16-19)26-23(30)11-8-18-6-9-22(10-7-18)35(32,33)29-12-14-34-15-13-29/h3-7,9-10,16-17H,2,8,11-15H2,1H3,(H,26,30)(H,27,28,31). The van der Waals surface area contributed by atoms with Crippen LogP contribution in [0.1, 0.15) is 24.6 Å². The summed E-state index contributed by atoms with van der Waals surface area (Å²) in [4.78, 5) is 31.8. The second-order valence-corrected chi connectivity index (χ2v) is 10.2. The van der Waals surface area contributed by atoms with Gasteiger partial charge in [0, 0.05) is 42.5 Å². The van der Waals surface area contributed by atoms with E-state index in [1.54, 1.807) is 42.5 Å². The number of carbonyl (C=O) groups is 1. The zero-order valence-electron chi connectivity index (χ0n) is 19.5. The van der Waals surface area contributed by atoms with Gasteiger partial charge < -0.3 is 15.0 Å². The van der Waals surface area contributed by atoms with Gasteiger partial charge in [0.05, 0.1) is 18.1 Å². The number of nitrogens with zero attached hydrogens (tertiary/aromatic N) is 2. The number of amides is 1. The maximum Gasteiger partial charge on any atom is 0.251 e. The summed E-state index contributed by atoms with van der Waals surface area (Å²) in [5.41, 5.74) is 2.65. The van der Waals surface area contributed by atoms with E-state index < -0.39 is 10.0 Å². The lowest BCUT2D eigenvalue weighted by atomic mass is 10.1. The summed E-state index contributed by atoms with van der Waals surface area (Å²) in [6, 6.07) is 15.3. The van der Waals surface area contributed by atoms with Crippen molar-refractivity contribution in [3.63, 3.8) is 0 Å². The van der Waals surface area contributed by atoms with E-state index in [9.17, 15) is 18.0 Å². The van der Waals surface area contributed by atoms with Gasteiger partial charge in [0.25, 0.3) is 5.56 Å². The average molecular weight is 497 g/mol. The van der Waals surface area contributed by atoms with Gasteiger partial charge in [-0.25, -0.2) is 13.4 Å². The van der Waals surface area contributed by atoms with Crippen LogP contribution in [0.3, 0.4) is 0 Å². The quantitative estimate of drug-likeness (QED) is 0.494. The lowest BCUT2D eigenvalue weighted by molar-refractivity contribution is -0.116. The average Bonchev–Trinajstić information content (AvgIpc) is 2.88. The number of morpholine rings is 1. The van der Waals surface area contributed by atoms with Crippen molar-refractivity contribution in [2.45, 2.75) is 31.1 Å². The molecule has 1 aromatic heterocycles. The SMILES string of the molecule is CCc1cc(=O)[nH]c(-c2cccc(NC(=O)CCc3ccc(S(=O)(=O)N4CCOCC4)cc3)c2)n1. The first-order valence-electron chi connectivity index (χ1n) is 11.5. The first-order valence-corrected chi connectivity index (χ1v) is 13.0. The Morgan fingerprint density at radius 3 is 2.57 bits per heavy atom. The van der Waals surface area contributed by atoms with Gasteiger partial charge in [-0.05, 0) is 42.7 Å². The van der Waals surface area contributed by atoms with Crippen LogP contribution in [-0.4, -0.2) is 54.9 Å². The molecule has 0 atom stereocenters. The topological polar surface area (TPSA) is 121 Å². The monoisotopic (exact) mass is 496 g/mol.